The van der Waals surface area contributed by atoms with Crippen LogP contribution in [0, 0.1) is 0 Å². The highest BCUT2D eigenvalue weighted by Gasteiger charge is 2.32. The van der Waals surface area contributed by atoms with Gasteiger partial charge in [0.1, 0.15) is 11.5 Å². The zero-order valence-electron chi connectivity index (χ0n) is 26.9. The summed E-state index contributed by atoms with van der Waals surface area (Å²) in [5.41, 5.74) is 6.24. The third-order valence-electron chi connectivity index (χ3n) is 8.87. The van der Waals surface area contributed by atoms with E-state index in [1.807, 2.05) is 48.5 Å². The molecule has 0 saturated heterocycles. The lowest BCUT2D eigenvalue weighted by Gasteiger charge is -2.31. The van der Waals surface area contributed by atoms with Crippen LogP contribution in [-0.4, -0.2) is 23.3 Å². The second-order valence-corrected chi connectivity index (χ2v) is 13.7. The summed E-state index contributed by atoms with van der Waals surface area (Å²) in [5, 5.41) is 23.7. The van der Waals surface area contributed by atoms with Gasteiger partial charge in [-0.2, -0.15) is 0 Å². The van der Waals surface area contributed by atoms with Crippen LogP contribution in [-0.2, 0) is 38.6 Å². The lowest BCUT2D eigenvalue weighted by atomic mass is 9.73. The average Bonchev–Trinajstić information content (AvgIpc) is 2.98. The highest BCUT2D eigenvalue weighted by Crippen LogP contribution is 2.44. The molecule has 0 unspecified atom stereocenters. The van der Waals surface area contributed by atoms with Gasteiger partial charge in [-0.3, -0.25) is 4.79 Å². The third kappa shape index (κ3) is 6.80. The van der Waals surface area contributed by atoms with E-state index < -0.39 is 10.8 Å². The summed E-state index contributed by atoms with van der Waals surface area (Å²) < 4.78 is 4.91. The predicted octanol–water partition coefficient (Wildman–Crippen LogP) is 8.74. The molecule has 0 radical (unpaired) electrons. The van der Waals surface area contributed by atoms with Gasteiger partial charge < -0.3 is 14.9 Å². The van der Waals surface area contributed by atoms with Crippen LogP contribution in [0.4, 0.5) is 0 Å². The molecule has 226 valence electrons. The molecule has 4 heteroatoms. The van der Waals surface area contributed by atoms with Gasteiger partial charge in [0, 0.05) is 34.8 Å². The molecule has 0 fully saturated rings. The summed E-state index contributed by atoms with van der Waals surface area (Å²) in [6, 6.07) is 28.5. The molecular weight excluding hydrogens is 532 g/mol. The molecule has 0 saturated carbocycles. The van der Waals surface area contributed by atoms with Crippen LogP contribution in [0.3, 0.4) is 0 Å². The van der Waals surface area contributed by atoms with E-state index in [4.69, 9.17) is 4.74 Å². The van der Waals surface area contributed by atoms with Crippen LogP contribution in [0.15, 0.2) is 84.9 Å². The Labute approximate surface area is 257 Å². The van der Waals surface area contributed by atoms with Gasteiger partial charge in [-0.25, -0.2) is 0 Å². The van der Waals surface area contributed by atoms with Gasteiger partial charge >= 0.3 is 5.97 Å². The topological polar surface area (TPSA) is 66.8 Å². The number of phenolic OH excluding ortho intramolecular Hbond substituents is 2. The fraction of sp³-hybridized carbons (Fsp3) is 0.359. The monoisotopic (exact) mass is 578 g/mol. The molecule has 0 spiro atoms. The minimum atomic E-state index is -0.503. The van der Waals surface area contributed by atoms with Gasteiger partial charge in [0.25, 0.3) is 0 Å². The molecule has 0 amide bonds. The SMILES string of the molecule is COC(=O)CCc1cc(Cc2cc(C(C)(C)C)cc(C(C)(C)c3ccccc3)c2O)c(O)c(C(C)(C)c2ccccc2)c1. The molecule has 2 N–H and O–H groups in total. The molecule has 4 aromatic rings. The van der Waals surface area contributed by atoms with E-state index in [-0.39, 0.29) is 29.3 Å². The molecule has 4 nitrogen and oxygen atoms in total. The van der Waals surface area contributed by atoms with Crippen molar-refractivity contribution >= 4 is 5.97 Å². The molecule has 0 aliphatic rings. The van der Waals surface area contributed by atoms with E-state index in [2.05, 4.69) is 84.9 Å². The Morgan fingerprint density at radius 1 is 0.651 bits per heavy atom. The summed E-state index contributed by atoms with van der Waals surface area (Å²) >= 11 is 0. The number of hydrogen-bond acceptors (Lipinski definition) is 4. The number of hydrogen-bond donors (Lipinski definition) is 2. The number of esters is 1. The van der Waals surface area contributed by atoms with Gasteiger partial charge in [-0.05, 0) is 45.2 Å². The molecule has 4 rings (SSSR count). The molecular formula is C39H46O4. The van der Waals surface area contributed by atoms with Crippen molar-refractivity contribution in [3.63, 3.8) is 0 Å². The Hall–Kier alpha value is -4.05. The lowest BCUT2D eigenvalue weighted by Crippen LogP contribution is -2.22. The van der Waals surface area contributed by atoms with E-state index in [0.29, 0.717) is 18.4 Å². The molecule has 0 aliphatic carbocycles. The summed E-state index contributed by atoms with van der Waals surface area (Å²) in [7, 11) is 1.40. The number of rotatable bonds is 9. The van der Waals surface area contributed by atoms with Crippen molar-refractivity contribution in [1.29, 1.82) is 0 Å². The number of ether oxygens (including phenoxy) is 1. The third-order valence-corrected chi connectivity index (χ3v) is 8.87. The zero-order chi connectivity index (χ0) is 31.6. The smallest absolute Gasteiger partial charge is 0.305 e. The quantitative estimate of drug-likeness (QED) is 0.195. The van der Waals surface area contributed by atoms with Crippen LogP contribution >= 0.6 is 0 Å². The number of benzene rings is 4. The Kier molecular flexibility index (Phi) is 9.11. The molecule has 0 atom stereocenters. The van der Waals surface area contributed by atoms with Crippen molar-refractivity contribution in [2.75, 3.05) is 7.11 Å². The van der Waals surface area contributed by atoms with E-state index in [9.17, 15) is 15.0 Å². The molecule has 0 aromatic heterocycles. The van der Waals surface area contributed by atoms with Crippen LogP contribution < -0.4 is 0 Å². The lowest BCUT2D eigenvalue weighted by molar-refractivity contribution is -0.140. The first-order valence-corrected chi connectivity index (χ1v) is 15.1. The normalized spacial score (nSPS) is 12.3. The number of aryl methyl sites for hydroxylation is 1. The second-order valence-electron chi connectivity index (χ2n) is 13.7. The number of aromatic hydroxyl groups is 2. The Balaban J connectivity index is 1.90. The fourth-order valence-corrected chi connectivity index (χ4v) is 5.83. The van der Waals surface area contributed by atoms with E-state index in [1.165, 1.54) is 7.11 Å². The van der Waals surface area contributed by atoms with Crippen molar-refractivity contribution in [2.24, 2.45) is 0 Å². The maximum absolute atomic E-state index is 12.1. The van der Waals surface area contributed by atoms with Crippen molar-refractivity contribution in [1.82, 2.24) is 0 Å². The number of phenols is 2. The summed E-state index contributed by atoms with van der Waals surface area (Å²) in [6.07, 6.45) is 1.06. The van der Waals surface area contributed by atoms with Crippen LogP contribution in [0.2, 0.25) is 0 Å². The fourth-order valence-electron chi connectivity index (χ4n) is 5.83. The molecule has 0 bridgehead atoms. The maximum Gasteiger partial charge on any atom is 0.305 e. The number of methoxy groups -OCH3 is 1. The highest BCUT2D eigenvalue weighted by atomic mass is 16.5. The van der Waals surface area contributed by atoms with Crippen molar-refractivity contribution in [3.8, 4) is 11.5 Å². The Bertz CT molecular complexity index is 1580. The van der Waals surface area contributed by atoms with E-state index in [1.54, 1.807) is 0 Å². The van der Waals surface area contributed by atoms with E-state index in [0.717, 1.165) is 38.9 Å². The van der Waals surface area contributed by atoms with Gasteiger partial charge in [0.2, 0.25) is 0 Å². The standard InChI is InChI=1S/C39H46O4/c1-37(2,3)31-24-28(36(42)33(25-31)39(6,7)30-17-13-10-14-18-30)23-27-21-26(19-20-34(40)43-8)22-32(35(27)41)38(4,5)29-15-11-9-12-16-29/h9-18,21-22,24-25,41-42H,19-20,23H2,1-8H3. The largest absolute Gasteiger partial charge is 0.507 e. The maximum atomic E-state index is 12.1. The number of carbonyl (C=O) groups is 1. The van der Waals surface area contributed by atoms with Crippen LogP contribution in [0.25, 0.3) is 0 Å². The Morgan fingerprint density at radius 2 is 1.12 bits per heavy atom. The summed E-state index contributed by atoms with van der Waals surface area (Å²) in [6.45, 7) is 15.0. The first kappa shape index (κ1) is 31.9. The zero-order valence-corrected chi connectivity index (χ0v) is 26.9. The average molecular weight is 579 g/mol. The van der Waals surface area contributed by atoms with Crippen LogP contribution in [0.1, 0.15) is 99.4 Å². The van der Waals surface area contributed by atoms with Gasteiger partial charge in [-0.15, -0.1) is 0 Å². The minimum Gasteiger partial charge on any atom is -0.507 e. The Morgan fingerprint density at radius 3 is 1.58 bits per heavy atom. The van der Waals surface area contributed by atoms with Crippen LogP contribution in [0.5, 0.6) is 11.5 Å². The van der Waals surface area contributed by atoms with Crippen molar-refractivity contribution in [3.05, 3.63) is 129 Å². The predicted molar refractivity (Wildman–Crippen MR) is 175 cm³/mol. The second kappa shape index (κ2) is 12.3. The minimum absolute atomic E-state index is 0.158. The van der Waals surface area contributed by atoms with E-state index >= 15 is 0 Å². The van der Waals surface area contributed by atoms with Crippen molar-refractivity contribution < 1.29 is 19.7 Å². The molecule has 4 aromatic carbocycles. The molecule has 43 heavy (non-hydrogen) atoms. The van der Waals surface area contributed by atoms with Gasteiger partial charge in [-0.1, -0.05) is 133 Å². The first-order chi connectivity index (χ1) is 20.2. The summed E-state index contributed by atoms with van der Waals surface area (Å²) in [4.78, 5) is 12.1. The summed E-state index contributed by atoms with van der Waals surface area (Å²) in [5.74, 6) is 0.173. The van der Waals surface area contributed by atoms with Gasteiger partial charge in [0.15, 0.2) is 0 Å². The van der Waals surface area contributed by atoms with Gasteiger partial charge in [0.05, 0.1) is 7.11 Å². The highest BCUT2D eigenvalue weighted by molar-refractivity contribution is 5.69. The first-order valence-electron chi connectivity index (χ1n) is 15.1. The number of carbonyl (C=O) groups excluding carboxylic acids is 1. The molecule has 0 heterocycles. The van der Waals surface area contributed by atoms with Crippen molar-refractivity contribution in [2.45, 2.75) is 84.0 Å². The molecule has 0 aliphatic heterocycles.